The third kappa shape index (κ3) is 3.04. The first kappa shape index (κ1) is 18.5. The van der Waals surface area contributed by atoms with Crippen LogP contribution in [-0.2, 0) is 7.05 Å². The van der Waals surface area contributed by atoms with Gasteiger partial charge < -0.3 is 9.80 Å². The molecular weight excluding hydrogens is 380 g/mol. The quantitative estimate of drug-likeness (QED) is 0.662. The number of fused-ring (bicyclic) bond motifs is 2. The number of rotatable bonds is 3. The van der Waals surface area contributed by atoms with Crippen LogP contribution in [0.3, 0.4) is 0 Å². The van der Waals surface area contributed by atoms with Crippen molar-refractivity contribution in [2.45, 2.75) is 25.4 Å². The standard InChI is InChI=1S/C22H22N6O2/c1-14-4-3-5-15(8-14)21(30)27-11-17-9-16(27)12-28(17)22-25-19(10-20(29)26(22)2)18-6-7-23-13-24-18/h3-8,10,13,16-17H,9,11-12H2,1-2H3. The van der Waals surface area contributed by atoms with Crippen molar-refractivity contribution in [3.8, 4) is 11.4 Å². The van der Waals surface area contributed by atoms with Crippen LogP contribution < -0.4 is 10.5 Å². The molecule has 2 fully saturated rings. The first-order valence-corrected chi connectivity index (χ1v) is 10.00. The number of carbonyl (C=O) groups excluding carboxylic acids is 1. The largest absolute Gasteiger partial charge is 0.335 e. The number of benzene rings is 1. The van der Waals surface area contributed by atoms with Crippen LogP contribution in [0, 0.1) is 6.92 Å². The van der Waals surface area contributed by atoms with E-state index in [1.165, 1.54) is 12.4 Å². The minimum atomic E-state index is -0.135. The van der Waals surface area contributed by atoms with E-state index >= 15 is 0 Å². The molecule has 2 saturated heterocycles. The van der Waals surface area contributed by atoms with E-state index in [9.17, 15) is 9.59 Å². The molecule has 8 heteroatoms. The molecule has 0 N–H and O–H groups in total. The van der Waals surface area contributed by atoms with Crippen molar-refractivity contribution in [3.63, 3.8) is 0 Å². The number of carbonyl (C=O) groups is 1. The van der Waals surface area contributed by atoms with Crippen molar-refractivity contribution >= 4 is 11.9 Å². The number of aromatic nitrogens is 4. The third-order valence-corrected chi connectivity index (χ3v) is 5.98. The molecule has 1 aromatic carbocycles. The molecule has 2 aliphatic heterocycles. The Morgan fingerprint density at radius 2 is 1.97 bits per heavy atom. The van der Waals surface area contributed by atoms with E-state index in [4.69, 9.17) is 4.98 Å². The molecule has 8 nitrogen and oxygen atoms in total. The van der Waals surface area contributed by atoms with E-state index in [2.05, 4.69) is 14.9 Å². The van der Waals surface area contributed by atoms with Crippen molar-refractivity contribution in [2.24, 2.45) is 7.05 Å². The maximum atomic E-state index is 13.0. The van der Waals surface area contributed by atoms with Gasteiger partial charge in [-0.05, 0) is 31.5 Å². The summed E-state index contributed by atoms with van der Waals surface area (Å²) in [5, 5.41) is 0. The van der Waals surface area contributed by atoms with Gasteiger partial charge in [-0.25, -0.2) is 15.0 Å². The van der Waals surface area contributed by atoms with Crippen molar-refractivity contribution in [1.82, 2.24) is 24.4 Å². The van der Waals surface area contributed by atoms with Gasteiger partial charge in [0.15, 0.2) is 0 Å². The molecule has 1 amide bonds. The van der Waals surface area contributed by atoms with Crippen LogP contribution in [0.15, 0.2) is 53.7 Å². The van der Waals surface area contributed by atoms with Crippen LogP contribution in [0.25, 0.3) is 11.4 Å². The lowest BCUT2D eigenvalue weighted by Crippen LogP contribution is -2.50. The fraction of sp³-hybridized carbons (Fsp3) is 0.318. The average molecular weight is 402 g/mol. The molecule has 30 heavy (non-hydrogen) atoms. The van der Waals surface area contributed by atoms with Gasteiger partial charge in [0.05, 0.1) is 23.5 Å². The number of nitrogens with zero attached hydrogens (tertiary/aromatic N) is 6. The molecule has 0 saturated carbocycles. The Balaban J connectivity index is 1.42. The van der Waals surface area contributed by atoms with Crippen LogP contribution in [-0.4, -0.2) is 55.5 Å². The highest BCUT2D eigenvalue weighted by molar-refractivity contribution is 5.95. The van der Waals surface area contributed by atoms with E-state index in [-0.39, 0.29) is 23.6 Å². The SMILES string of the molecule is Cc1cccc(C(=O)N2CC3CC2CN3c2nc(-c3ccncn3)cc(=O)n2C)c1. The molecule has 0 aliphatic carbocycles. The summed E-state index contributed by atoms with van der Waals surface area (Å²) in [6, 6.07) is 11.2. The van der Waals surface area contributed by atoms with Crippen molar-refractivity contribution < 1.29 is 4.79 Å². The van der Waals surface area contributed by atoms with E-state index in [0.717, 1.165) is 17.5 Å². The van der Waals surface area contributed by atoms with Gasteiger partial charge in [-0.15, -0.1) is 0 Å². The summed E-state index contributed by atoms with van der Waals surface area (Å²) < 4.78 is 1.57. The van der Waals surface area contributed by atoms with Gasteiger partial charge in [0.25, 0.3) is 11.5 Å². The zero-order valence-electron chi connectivity index (χ0n) is 16.9. The molecule has 0 radical (unpaired) electrons. The molecule has 2 aromatic heterocycles. The number of hydrogen-bond donors (Lipinski definition) is 0. The van der Waals surface area contributed by atoms with Crippen LogP contribution in [0.2, 0.25) is 0 Å². The first-order valence-electron chi connectivity index (χ1n) is 10.00. The summed E-state index contributed by atoms with van der Waals surface area (Å²) in [7, 11) is 1.73. The predicted octanol–water partition coefficient (Wildman–Crippen LogP) is 1.65. The van der Waals surface area contributed by atoms with E-state index in [1.807, 2.05) is 36.1 Å². The van der Waals surface area contributed by atoms with Crippen LogP contribution >= 0.6 is 0 Å². The summed E-state index contributed by atoms with van der Waals surface area (Å²) in [6.07, 6.45) is 3.96. The zero-order valence-corrected chi connectivity index (χ0v) is 16.9. The van der Waals surface area contributed by atoms with E-state index in [0.29, 0.717) is 30.4 Å². The minimum Gasteiger partial charge on any atom is -0.335 e. The lowest BCUT2D eigenvalue weighted by Gasteiger charge is -2.35. The summed E-state index contributed by atoms with van der Waals surface area (Å²) in [5.74, 6) is 0.689. The molecule has 2 aliphatic rings. The Kier molecular flexibility index (Phi) is 4.34. The number of likely N-dealkylation sites (tertiary alicyclic amines) is 1. The summed E-state index contributed by atoms with van der Waals surface area (Å²) in [5.41, 5.74) is 2.82. The Morgan fingerprint density at radius 1 is 1.10 bits per heavy atom. The highest BCUT2D eigenvalue weighted by atomic mass is 16.2. The zero-order chi connectivity index (χ0) is 20.8. The van der Waals surface area contributed by atoms with Gasteiger partial charge in [-0.1, -0.05) is 17.7 Å². The Morgan fingerprint density at radius 3 is 2.67 bits per heavy atom. The minimum absolute atomic E-state index is 0.0717. The summed E-state index contributed by atoms with van der Waals surface area (Å²) in [6.45, 7) is 3.28. The fourth-order valence-corrected chi connectivity index (χ4v) is 4.46. The van der Waals surface area contributed by atoms with E-state index in [1.54, 1.807) is 23.9 Å². The molecule has 2 bridgehead atoms. The fourth-order valence-electron chi connectivity index (χ4n) is 4.46. The highest BCUT2D eigenvalue weighted by Crippen LogP contribution is 2.34. The van der Waals surface area contributed by atoms with Crippen molar-refractivity contribution in [2.75, 3.05) is 18.0 Å². The Hall–Kier alpha value is -3.55. The normalized spacial score (nSPS) is 20.1. The number of aryl methyl sites for hydroxylation is 1. The molecule has 0 spiro atoms. The molecule has 2 atom stereocenters. The molecule has 152 valence electrons. The van der Waals surface area contributed by atoms with Gasteiger partial charge >= 0.3 is 0 Å². The number of piperazine rings is 1. The average Bonchev–Trinajstić information content (AvgIpc) is 3.36. The highest BCUT2D eigenvalue weighted by Gasteiger charge is 2.46. The topological polar surface area (TPSA) is 84.2 Å². The molecule has 5 rings (SSSR count). The molecular formula is C22H22N6O2. The van der Waals surface area contributed by atoms with E-state index < -0.39 is 0 Å². The second kappa shape index (κ2) is 7.05. The summed E-state index contributed by atoms with van der Waals surface area (Å²) in [4.78, 5) is 42.6. The van der Waals surface area contributed by atoms with Crippen LogP contribution in [0.1, 0.15) is 22.3 Å². The maximum absolute atomic E-state index is 13.0. The lowest BCUT2D eigenvalue weighted by atomic mass is 10.1. The number of amides is 1. The van der Waals surface area contributed by atoms with Gasteiger partial charge in [-0.2, -0.15) is 0 Å². The lowest BCUT2D eigenvalue weighted by molar-refractivity contribution is 0.0725. The molecule has 3 aromatic rings. The van der Waals surface area contributed by atoms with Crippen LogP contribution in [0.4, 0.5) is 5.95 Å². The molecule has 2 unspecified atom stereocenters. The van der Waals surface area contributed by atoms with Gasteiger partial charge in [0.1, 0.15) is 6.33 Å². The summed E-state index contributed by atoms with van der Waals surface area (Å²) >= 11 is 0. The Labute approximate surface area is 173 Å². The van der Waals surface area contributed by atoms with Crippen molar-refractivity contribution in [1.29, 1.82) is 0 Å². The number of hydrogen-bond acceptors (Lipinski definition) is 6. The molecule has 4 heterocycles. The number of anilines is 1. The predicted molar refractivity (Wildman–Crippen MR) is 112 cm³/mol. The monoisotopic (exact) mass is 402 g/mol. The van der Waals surface area contributed by atoms with Crippen molar-refractivity contribution in [3.05, 3.63) is 70.4 Å². The van der Waals surface area contributed by atoms with Gasteiger partial charge in [0.2, 0.25) is 5.95 Å². The van der Waals surface area contributed by atoms with Gasteiger partial charge in [0, 0.05) is 38.0 Å². The Bertz CT molecular complexity index is 1180. The third-order valence-electron chi connectivity index (χ3n) is 5.98. The smallest absolute Gasteiger partial charge is 0.255 e. The maximum Gasteiger partial charge on any atom is 0.255 e. The second-order valence-electron chi connectivity index (χ2n) is 7.96. The second-order valence-corrected chi connectivity index (χ2v) is 7.96. The first-order chi connectivity index (χ1) is 14.5. The van der Waals surface area contributed by atoms with Gasteiger partial charge in [-0.3, -0.25) is 14.2 Å². The van der Waals surface area contributed by atoms with Crippen LogP contribution in [0.5, 0.6) is 0 Å².